The molecule has 0 aromatic rings. The second kappa shape index (κ2) is 4.65. The van der Waals surface area contributed by atoms with Gasteiger partial charge in [-0.3, -0.25) is 0 Å². The van der Waals surface area contributed by atoms with Crippen molar-refractivity contribution in [3.8, 4) is 0 Å². The van der Waals surface area contributed by atoms with Crippen molar-refractivity contribution in [3.63, 3.8) is 0 Å². The van der Waals surface area contributed by atoms with Crippen molar-refractivity contribution >= 4 is 17.9 Å². The van der Waals surface area contributed by atoms with Crippen molar-refractivity contribution in [2.24, 2.45) is 0 Å². The number of hydrogen-bond donors (Lipinski definition) is 4. The molecule has 0 aromatic heterocycles. The Hall–Kier alpha value is -2.31. The van der Waals surface area contributed by atoms with Gasteiger partial charge in [-0.2, -0.15) is 0 Å². The molecule has 0 fully saturated rings. The zero-order chi connectivity index (χ0) is 11.3. The average Bonchev–Trinajstić information content (AvgIpc) is 2.01. The first-order valence-electron chi connectivity index (χ1n) is 3.16. The summed E-state index contributed by atoms with van der Waals surface area (Å²) in [5, 5.41) is 33.3. The molecular weight excluding hydrogens is 196 g/mol. The van der Waals surface area contributed by atoms with Crippen LogP contribution in [0.15, 0.2) is 23.5 Å². The Morgan fingerprint density at radius 3 is 1.57 bits per heavy atom. The Morgan fingerprint density at radius 1 is 0.786 bits per heavy atom. The predicted molar refractivity (Wildman–Crippen MR) is 41.7 cm³/mol. The first-order chi connectivity index (χ1) is 6.34. The molecule has 0 saturated carbocycles. The SMILES string of the molecule is O=C(O)/C=C(\C=C(\O)C(=O)O)C(=O)O. The lowest BCUT2D eigenvalue weighted by molar-refractivity contribution is -0.136. The second-order valence-electron chi connectivity index (χ2n) is 2.08. The fourth-order valence-electron chi connectivity index (χ4n) is 0.507. The van der Waals surface area contributed by atoms with E-state index in [-0.39, 0.29) is 6.08 Å². The van der Waals surface area contributed by atoms with Crippen LogP contribution in [0.1, 0.15) is 0 Å². The summed E-state index contributed by atoms with van der Waals surface area (Å²) in [6, 6.07) is 0. The molecular formula is C7H6O7. The van der Waals surface area contributed by atoms with Crippen molar-refractivity contribution in [2.45, 2.75) is 0 Å². The molecule has 0 saturated heterocycles. The van der Waals surface area contributed by atoms with E-state index < -0.39 is 29.2 Å². The van der Waals surface area contributed by atoms with Gasteiger partial charge >= 0.3 is 17.9 Å². The zero-order valence-corrected chi connectivity index (χ0v) is 6.67. The van der Waals surface area contributed by atoms with Crippen LogP contribution in [-0.4, -0.2) is 38.3 Å². The molecule has 76 valence electrons. The predicted octanol–water partition coefficient (Wildman–Crippen LogP) is -0.391. The molecule has 7 heteroatoms. The second-order valence-corrected chi connectivity index (χ2v) is 2.08. The lowest BCUT2D eigenvalue weighted by Crippen LogP contribution is -2.06. The van der Waals surface area contributed by atoms with E-state index in [0.717, 1.165) is 0 Å². The van der Waals surface area contributed by atoms with E-state index in [2.05, 4.69) is 0 Å². The number of carbonyl (C=O) groups is 3. The zero-order valence-electron chi connectivity index (χ0n) is 6.67. The van der Waals surface area contributed by atoms with Crippen LogP contribution >= 0.6 is 0 Å². The smallest absolute Gasteiger partial charge is 0.370 e. The van der Waals surface area contributed by atoms with Gasteiger partial charge in [-0.15, -0.1) is 0 Å². The van der Waals surface area contributed by atoms with Gasteiger partial charge in [0.05, 0.1) is 5.57 Å². The average molecular weight is 202 g/mol. The molecule has 0 aliphatic heterocycles. The minimum atomic E-state index is -1.75. The minimum absolute atomic E-state index is 0.265. The van der Waals surface area contributed by atoms with Crippen LogP contribution in [0.2, 0.25) is 0 Å². The molecule has 0 amide bonds. The van der Waals surface area contributed by atoms with Crippen LogP contribution in [-0.2, 0) is 14.4 Å². The van der Waals surface area contributed by atoms with Crippen LogP contribution in [0.5, 0.6) is 0 Å². The third-order valence-corrected chi connectivity index (χ3v) is 1.04. The van der Waals surface area contributed by atoms with E-state index in [1.165, 1.54) is 0 Å². The quantitative estimate of drug-likeness (QED) is 0.277. The summed E-state index contributed by atoms with van der Waals surface area (Å²) < 4.78 is 0. The van der Waals surface area contributed by atoms with E-state index in [9.17, 15) is 14.4 Å². The topological polar surface area (TPSA) is 132 Å². The van der Waals surface area contributed by atoms with Crippen molar-refractivity contribution in [3.05, 3.63) is 23.5 Å². The first-order valence-corrected chi connectivity index (χ1v) is 3.16. The highest BCUT2D eigenvalue weighted by Crippen LogP contribution is 2.01. The van der Waals surface area contributed by atoms with Crippen LogP contribution in [0.3, 0.4) is 0 Å². The van der Waals surface area contributed by atoms with Crippen LogP contribution in [0, 0.1) is 0 Å². The highest BCUT2D eigenvalue weighted by molar-refractivity contribution is 5.98. The van der Waals surface area contributed by atoms with E-state index in [1.807, 2.05) is 0 Å². The Bertz CT molecular complexity index is 336. The summed E-state index contributed by atoms with van der Waals surface area (Å²) in [7, 11) is 0. The molecule has 14 heavy (non-hydrogen) atoms. The van der Waals surface area contributed by atoms with Crippen molar-refractivity contribution in [1.82, 2.24) is 0 Å². The maximum absolute atomic E-state index is 10.3. The number of carboxylic acid groups (broad SMARTS) is 3. The van der Waals surface area contributed by atoms with Crippen molar-refractivity contribution < 1.29 is 34.8 Å². The highest BCUT2D eigenvalue weighted by atomic mass is 16.4. The number of hydrogen-bond acceptors (Lipinski definition) is 4. The standard InChI is InChI=1S/C7H6O7/c8-4(7(13)14)1-3(6(11)12)2-5(9)10/h1-2,8H,(H,9,10)(H,11,12)(H,13,14)/b3-2+,4-1+. The van der Waals surface area contributed by atoms with Gasteiger partial charge in [0.1, 0.15) is 0 Å². The Labute approximate surface area is 77.2 Å². The minimum Gasteiger partial charge on any atom is -0.502 e. The van der Waals surface area contributed by atoms with E-state index in [0.29, 0.717) is 6.08 Å². The molecule has 4 N–H and O–H groups in total. The molecule has 0 heterocycles. The Balaban J connectivity index is 5.07. The van der Waals surface area contributed by atoms with Gasteiger partial charge in [0.25, 0.3) is 0 Å². The van der Waals surface area contributed by atoms with Gasteiger partial charge in [-0.05, 0) is 0 Å². The van der Waals surface area contributed by atoms with Crippen molar-refractivity contribution in [2.75, 3.05) is 0 Å². The summed E-state index contributed by atoms with van der Waals surface area (Å²) in [4.78, 5) is 30.4. The molecule has 0 aromatic carbocycles. The monoisotopic (exact) mass is 202 g/mol. The molecule has 0 atom stereocenters. The molecule has 0 unspecified atom stereocenters. The van der Waals surface area contributed by atoms with Gasteiger partial charge in [0.2, 0.25) is 5.76 Å². The lowest BCUT2D eigenvalue weighted by Gasteiger charge is -1.94. The third kappa shape index (κ3) is 3.90. The summed E-state index contributed by atoms with van der Waals surface area (Å²) >= 11 is 0. The molecule has 0 radical (unpaired) electrons. The Kier molecular flexibility index (Phi) is 3.88. The molecule has 0 bridgehead atoms. The van der Waals surface area contributed by atoms with E-state index in [1.54, 1.807) is 0 Å². The molecule has 0 aliphatic rings. The Morgan fingerprint density at radius 2 is 1.29 bits per heavy atom. The number of aliphatic hydroxyl groups is 1. The van der Waals surface area contributed by atoms with Crippen LogP contribution < -0.4 is 0 Å². The maximum atomic E-state index is 10.3. The summed E-state index contributed by atoms with van der Waals surface area (Å²) in [5.74, 6) is -6.21. The number of carboxylic acids is 3. The number of aliphatic hydroxyl groups excluding tert-OH is 1. The van der Waals surface area contributed by atoms with Gasteiger partial charge in [0, 0.05) is 12.2 Å². The highest BCUT2D eigenvalue weighted by Gasteiger charge is 2.11. The van der Waals surface area contributed by atoms with Crippen LogP contribution in [0.4, 0.5) is 0 Å². The van der Waals surface area contributed by atoms with Crippen molar-refractivity contribution in [1.29, 1.82) is 0 Å². The summed E-state index contributed by atoms with van der Waals surface area (Å²) in [5.41, 5.74) is -0.836. The van der Waals surface area contributed by atoms with Gasteiger partial charge in [-0.25, -0.2) is 14.4 Å². The van der Waals surface area contributed by atoms with E-state index in [4.69, 9.17) is 20.4 Å². The van der Waals surface area contributed by atoms with E-state index >= 15 is 0 Å². The maximum Gasteiger partial charge on any atom is 0.370 e. The fourth-order valence-corrected chi connectivity index (χ4v) is 0.507. The largest absolute Gasteiger partial charge is 0.502 e. The third-order valence-electron chi connectivity index (χ3n) is 1.04. The van der Waals surface area contributed by atoms with Gasteiger partial charge < -0.3 is 20.4 Å². The first kappa shape index (κ1) is 11.7. The number of aliphatic carboxylic acids is 3. The fraction of sp³-hybridized carbons (Fsp3) is 0. The lowest BCUT2D eigenvalue weighted by atomic mass is 10.2. The summed E-state index contributed by atoms with van der Waals surface area (Å²) in [6.45, 7) is 0. The number of rotatable bonds is 4. The summed E-state index contributed by atoms with van der Waals surface area (Å²) in [6.07, 6.45) is 0.597. The van der Waals surface area contributed by atoms with Crippen LogP contribution in [0.25, 0.3) is 0 Å². The molecule has 0 aliphatic carbocycles. The molecule has 0 spiro atoms. The molecule has 7 nitrogen and oxygen atoms in total. The normalized spacial score (nSPS) is 12.3. The van der Waals surface area contributed by atoms with Gasteiger partial charge in [-0.1, -0.05) is 0 Å². The van der Waals surface area contributed by atoms with Gasteiger partial charge in [0.15, 0.2) is 0 Å². The molecule has 0 rings (SSSR count).